The van der Waals surface area contributed by atoms with Gasteiger partial charge in [0.1, 0.15) is 12.5 Å². The van der Waals surface area contributed by atoms with Crippen LogP contribution in [0, 0.1) is 0 Å². The number of carbonyl (C=O) groups is 1. The summed E-state index contributed by atoms with van der Waals surface area (Å²) in [5.41, 5.74) is 1.93. The lowest BCUT2D eigenvalue weighted by atomic mass is 10.1. The molecule has 0 spiro atoms. The fourth-order valence-corrected chi connectivity index (χ4v) is 1.96. The van der Waals surface area contributed by atoms with Crippen LogP contribution in [0.3, 0.4) is 0 Å². The van der Waals surface area contributed by atoms with E-state index in [1.54, 1.807) is 41.5 Å². The molecule has 6 nitrogen and oxygen atoms in total. The van der Waals surface area contributed by atoms with E-state index >= 15 is 0 Å². The molecule has 0 fully saturated rings. The largest absolute Gasteiger partial charge is 0.478 e. The van der Waals surface area contributed by atoms with Crippen LogP contribution in [0.2, 0.25) is 0 Å². The SMILES string of the molecule is O=C(O)c1cccc(C[n+]2ccc(-c3ncco3)cn2)c1. The molecular formula is C15H12N3O3+. The van der Waals surface area contributed by atoms with Crippen LogP contribution in [0.15, 0.2) is 59.6 Å². The fourth-order valence-electron chi connectivity index (χ4n) is 1.96. The summed E-state index contributed by atoms with van der Waals surface area (Å²) in [5.74, 6) is -0.420. The lowest BCUT2D eigenvalue weighted by Crippen LogP contribution is -2.37. The van der Waals surface area contributed by atoms with E-state index < -0.39 is 5.97 Å². The maximum Gasteiger partial charge on any atom is 0.335 e. The first-order valence-corrected chi connectivity index (χ1v) is 6.30. The van der Waals surface area contributed by atoms with Crippen LogP contribution >= 0.6 is 0 Å². The molecule has 2 aromatic heterocycles. The van der Waals surface area contributed by atoms with Gasteiger partial charge in [0.15, 0.2) is 12.7 Å². The zero-order valence-corrected chi connectivity index (χ0v) is 11.0. The third-order valence-electron chi connectivity index (χ3n) is 2.97. The molecule has 0 saturated carbocycles. The van der Waals surface area contributed by atoms with Crippen LogP contribution in [0.25, 0.3) is 11.5 Å². The van der Waals surface area contributed by atoms with E-state index in [1.165, 1.54) is 6.26 Å². The third-order valence-corrected chi connectivity index (χ3v) is 2.97. The number of aromatic nitrogens is 3. The Morgan fingerprint density at radius 2 is 2.24 bits per heavy atom. The van der Waals surface area contributed by atoms with E-state index in [0.717, 1.165) is 11.1 Å². The van der Waals surface area contributed by atoms with Gasteiger partial charge in [0.2, 0.25) is 5.89 Å². The number of benzene rings is 1. The Bertz CT molecular complexity index is 752. The average molecular weight is 282 g/mol. The van der Waals surface area contributed by atoms with Crippen LogP contribution in [0.5, 0.6) is 0 Å². The number of rotatable bonds is 4. The standard InChI is InChI=1S/C15H11N3O3/c19-15(20)12-3-1-2-11(8-12)10-18-6-4-13(9-17-18)14-16-5-7-21-14/h1-9H,10H2/p+1. The highest BCUT2D eigenvalue weighted by molar-refractivity contribution is 5.87. The number of oxazole rings is 1. The smallest absolute Gasteiger partial charge is 0.335 e. The number of carboxylic acid groups (broad SMARTS) is 1. The Kier molecular flexibility index (Phi) is 3.42. The highest BCUT2D eigenvalue weighted by Gasteiger charge is 2.10. The van der Waals surface area contributed by atoms with Gasteiger partial charge in [-0.2, -0.15) is 0 Å². The molecule has 1 aromatic carbocycles. The van der Waals surface area contributed by atoms with Crippen molar-refractivity contribution in [3.05, 3.63) is 66.3 Å². The number of nitrogens with zero attached hydrogens (tertiary/aromatic N) is 3. The molecule has 0 amide bonds. The predicted octanol–water partition coefficient (Wildman–Crippen LogP) is 1.77. The maximum absolute atomic E-state index is 10.9. The van der Waals surface area contributed by atoms with E-state index in [-0.39, 0.29) is 5.56 Å². The number of hydrogen-bond donors (Lipinski definition) is 1. The van der Waals surface area contributed by atoms with Gasteiger partial charge in [0, 0.05) is 11.6 Å². The quantitative estimate of drug-likeness (QED) is 0.738. The van der Waals surface area contributed by atoms with Gasteiger partial charge in [0.25, 0.3) is 0 Å². The average Bonchev–Trinajstić information content (AvgIpc) is 3.02. The molecule has 0 aliphatic rings. The first-order chi connectivity index (χ1) is 10.2. The summed E-state index contributed by atoms with van der Waals surface area (Å²) < 4.78 is 6.91. The molecule has 3 aromatic rings. The molecule has 104 valence electrons. The second kappa shape index (κ2) is 5.54. The summed E-state index contributed by atoms with van der Waals surface area (Å²) in [6.45, 7) is 0.493. The second-order valence-corrected chi connectivity index (χ2v) is 4.46. The van der Waals surface area contributed by atoms with Crippen molar-refractivity contribution in [2.45, 2.75) is 6.54 Å². The summed E-state index contributed by atoms with van der Waals surface area (Å²) in [7, 11) is 0. The van der Waals surface area contributed by atoms with Gasteiger partial charge >= 0.3 is 5.97 Å². The first kappa shape index (κ1) is 13.0. The Balaban J connectivity index is 1.79. The molecule has 0 radical (unpaired) electrons. The summed E-state index contributed by atoms with van der Waals surface area (Å²) >= 11 is 0. The molecule has 1 N–H and O–H groups in total. The molecular weight excluding hydrogens is 270 g/mol. The Labute approximate surface area is 120 Å². The number of hydrogen-bond acceptors (Lipinski definition) is 4. The first-order valence-electron chi connectivity index (χ1n) is 6.30. The van der Waals surface area contributed by atoms with E-state index in [1.807, 2.05) is 12.1 Å². The molecule has 3 rings (SSSR count). The van der Waals surface area contributed by atoms with Gasteiger partial charge in [-0.3, -0.25) is 0 Å². The van der Waals surface area contributed by atoms with Crippen molar-refractivity contribution >= 4 is 5.97 Å². The molecule has 2 heterocycles. The monoisotopic (exact) mass is 282 g/mol. The molecule has 0 unspecified atom stereocenters. The van der Waals surface area contributed by atoms with Crippen molar-refractivity contribution < 1.29 is 19.0 Å². The van der Waals surface area contributed by atoms with Crippen molar-refractivity contribution in [3.8, 4) is 11.5 Å². The van der Waals surface area contributed by atoms with Crippen LogP contribution in [0.1, 0.15) is 15.9 Å². The normalized spacial score (nSPS) is 10.5. The van der Waals surface area contributed by atoms with Crippen LogP contribution in [0.4, 0.5) is 0 Å². The van der Waals surface area contributed by atoms with Crippen molar-refractivity contribution in [1.29, 1.82) is 0 Å². The zero-order valence-electron chi connectivity index (χ0n) is 11.0. The molecule has 21 heavy (non-hydrogen) atoms. The van der Waals surface area contributed by atoms with E-state index in [9.17, 15) is 4.79 Å². The Hall–Kier alpha value is -3.02. The summed E-state index contributed by atoms with van der Waals surface area (Å²) in [6, 6.07) is 8.64. The lowest BCUT2D eigenvalue weighted by molar-refractivity contribution is -0.746. The molecule has 0 aliphatic heterocycles. The van der Waals surface area contributed by atoms with Gasteiger partial charge in [-0.05, 0) is 17.2 Å². The van der Waals surface area contributed by atoms with Gasteiger partial charge in [-0.15, -0.1) is 0 Å². The van der Waals surface area contributed by atoms with Crippen LogP contribution in [-0.2, 0) is 6.54 Å². The highest BCUT2D eigenvalue weighted by atomic mass is 16.4. The minimum absolute atomic E-state index is 0.268. The van der Waals surface area contributed by atoms with Gasteiger partial charge in [-0.25, -0.2) is 9.78 Å². The minimum Gasteiger partial charge on any atom is -0.478 e. The van der Waals surface area contributed by atoms with Crippen LogP contribution < -0.4 is 4.68 Å². The van der Waals surface area contributed by atoms with E-state index in [2.05, 4.69) is 10.1 Å². The summed E-state index contributed by atoms with van der Waals surface area (Å²) in [5, 5.41) is 13.3. The van der Waals surface area contributed by atoms with Gasteiger partial charge in [0.05, 0.1) is 17.3 Å². The molecule has 0 atom stereocenters. The Morgan fingerprint density at radius 3 is 2.90 bits per heavy atom. The van der Waals surface area contributed by atoms with Crippen molar-refractivity contribution in [3.63, 3.8) is 0 Å². The molecule has 0 bridgehead atoms. The number of carboxylic acids is 1. The van der Waals surface area contributed by atoms with Crippen molar-refractivity contribution in [1.82, 2.24) is 10.1 Å². The Morgan fingerprint density at radius 1 is 1.33 bits per heavy atom. The predicted molar refractivity (Wildman–Crippen MR) is 72.4 cm³/mol. The van der Waals surface area contributed by atoms with Crippen molar-refractivity contribution in [2.75, 3.05) is 0 Å². The highest BCUT2D eigenvalue weighted by Crippen LogP contribution is 2.13. The summed E-state index contributed by atoms with van der Waals surface area (Å²) in [6.07, 6.45) is 6.54. The topological polar surface area (TPSA) is 80.1 Å². The van der Waals surface area contributed by atoms with Gasteiger partial charge < -0.3 is 9.52 Å². The molecule has 6 heteroatoms. The fraction of sp³-hybridized carbons (Fsp3) is 0.0667. The third kappa shape index (κ3) is 2.94. The second-order valence-electron chi connectivity index (χ2n) is 4.46. The molecule has 0 saturated heterocycles. The number of aromatic carboxylic acids is 1. The maximum atomic E-state index is 10.9. The molecule has 0 aliphatic carbocycles. The minimum atomic E-state index is -0.936. The van der Waals surface area contributed by atoms with E-state index in [4.69, 9.17) is 9.52 Å². The van der Waals surface area contributed by atoms with E-state index in [0.29, 0.717) is 12.4 Å². The zero-order chi connectivity index (χ0) is 14.7. The van der Waals surface area contributed by atoms with Crippen molar-refractivity contribution in [2.24, 2.45) is 0 Å². The van der Waals surface area contributed by atoms with Gasteiger partial charge in [-0.1, -0.05) is 16.8 Å². The van der Waals surface area contributed by atoms with Crippen LogP contribution in [-0.4, -0.2) is 21.2 Å². The summed E-state index contributed by atoms with van der Waals surface area (Å²) in [4.78, 5) is 15.0. The lowest BCUT2D eigenvalue weighted by Gasteiger charge is -1.99.